The SMILES string of the molecule is COc1ccc(C)cc1NC(=O)[C@@H](C)OC(=O)CCCC[C@@H]1CCSS1. The summed E-state index contributed by atoms with van der Waals surface area (Å²) in [5.41, 5.74) is 1.58. The van der Waals surface area contributed by atoms with Crippen molar-refractivity contribution in [2.24, 2.45) is 0 Å². The van der Waals surface area contributed by atoms with E-state index in [1.165, 1.54) is 12.2 Å². The third-order valence-corrected chi connectivity index (χ3v) is 7.18. The van der Waals surface area contributed by atoms with Gasteiger partial charge in [-0.05, 0) is 50.8 Å². The van der Waals surface area contributed by atoms with Crippen molar-refractivity contribution >= 4 is 39.2 Å². The maximum Gasteiger partial charge on any atom is 0.306 e. The highest BCUT2D eigenvalue weighted by Gasteiger charge is 2.20. The normalized spacial score (nSPS) is 17.6. The number of esters is 1. The summed E-state index contributed by atoms with van der Waals surface area (Å²) in [6.45, 7) is 3.52. The van der Waals surface area contributed by atoms with Gasteiger partial charge in [-0.1, -0.05) is 34.1 Å². The van der Waals surface area contributed by atoms with Crippen LogP contribution in [0.15, 0.2) is 18.2 Å². The van der Waals surface area contributed by atoms with Crippen molar-refractivity contribution in [1.82, 2.24) is 0 Å². The van der Waals surface area contributed by atoms with Crippen molar-refractivity contribution in [3.63, 3.8) is 0 Å². The van der Waals surface area contributed by atoms with E-state index in [-0.39, 0.29) is 11.9 Å². The van der Waals surface area contributed by atoms with Gasteiger partial charge in [0.2, 0.25) is 0 Å². The molecule has 1 amide bonds. The molecule has 2 atom stereocenters. The number of rotatable bonds is 9. The number of unbranched alkanes of at least 4 members (excludes halogenated alkanes) is 1. The van der Waals surface area contributed by atoms with E-state index >= 15 is 0 Å². The number of carbonyl (C=O) groups excluding carboxylic acids is 2. The Hall–Kier alpha value is -1.34. The molecule has 1 N–H and O–H groups in total. The van der Waals surface area contributed by atoms with E-state index in [4.69, 9.17) is 9.47 Å². The smallest absolute Gasteiger partial charge is 0.306 e. The molecule has 1 fully saturated rings. The maximum absolute atomic E-state index is 12.3. The molecule has 0 aromatic heterocycles. The fourth-order valence-electron chi connectivity index (χ4n) is 2.67. The Balaban J connectivity index is 1.72. The zero-order chi connectivity index (χ0) is 18.9. The first kappa shape index (κ1) is 21.0. The van der Waals surface area contributed by atoms with Gasteiger partial charge >= 0.3 is 5.97 Å². The number of nitrogens with one attached hydrogen (secondary N) is 1. The number of benzene rings is 1. The second-order valence-electron chi connectivity index (χ2n) is 6.40. The molecule has 0 radical (unpaired) electrons. The first-order valence-corrected chi connectivity index (χ1v) is 11.3. The van der Waals surface area contributed by atoms with Crippen molar-refractivity contribution in [3.05, 3.63) is 23.8 Å². The van der Waals surface area contributed by atoms with Gasteiger partial charge < -0.3 is 14.8 Å². The van der Waals surface area contributed by atoms with E-state index in [0.29, 0.717) is 17.9 Å². The van der Waals surface area contributed by atoms with Gasteiger partial charge in [-0.2, -0.15) is 0 Å². The number of anilines is 1. The lowest BCUT2D eigenvalue weighted by Crippen LogP contribution is -2.30. The van der Waals surface area contributed by atoms with E-state index < -0.39 is 6.10 Å². The molecule has 2 rings (SSSR count). The molecule has 7 heteroatoms. The minimum absolute atomic E-state index is 0.322. The van der Waals surface area contributed by atoms with Crippen molar-refractivity contribution in [3.8, 4) is 5.75 Å². The van der Waals surface area contributed by atoms with Crippen LogP contribution in [0, 0.1) is 6.92 Å². The average molecular weight is 398 g/mol. The Labute approximate surface area is 163 Å². The van der Waals surface area contributed by atoms with Gasteiger partial charge in [0.1, 0.15) is 5.75 Å². The summed E-state index contributed by atoms with van der Waals surface area (Å²) in [6, 6.07) is 5.52. The largest absolute Gasteiger partial charge is 0.495 e. The van der Waals surface area contributed by atoms with Crippen LogP contribution in [-0.2, 0) is 14.3 Å². The van der Waals surface area contributed by atoms with Crippen LogP contribution < -0.4 is 10.1 Å². The monoisotopic (exact) mass is 397 g/mol. The first-order valence-electron chi connectivity index (χ1n) is 8.93. The number of hydrogen-bond donors (Lipinski definition) is 1. The predicted octanol–water partition coefficient (Wildman–Crippen LogP) is 4.59. The lowest BCUT2D eigenvalue weighted by Gasteiger charge is -2.15. The molecular weight excluding hydrogens is 370 g/mol. The van der Waals surface area contributed by atoms with E-state index in [9.17, 15) is 9.59 Å². The fraction of sp³-hybridized carbons (Fsp3) is 0.579. The van der Waals surface area contributed by atoms with E-state index in [1.807, 2.05) is 40.6 Å². The Bertz CT molecular complexity index is 618. The van der Waals surface area contributed by atoms with Crippen LogP contribution in [-0.4, -0.2) is 36.1 Å². The van der Waals surface area contributed by atoms with Crippen LogP contribution in [0.5, 0.6) is 5.75 Å². The molecule has 144 valence electrons. The number of ether oxygens (including phenoxy) is 2. The lowest BCUT2D eigenvalue weighted by atomic mass is 10.1. The number of amides is 1. The highest BCUT2D eigenvalue weighted by atomic mass is 33.1. The first-order chi connectivity index (χ1) is 12.5. The van der Waals surface area contributed by atoms with Crippen LogP contribution in [0.3, 0.4) is 0 Å². The van der Waals surface area contributed by atoms with Gasteiger partial charge in [0.15, 0.2) is 6.10 Å². The molecule has 1 heterocycles. The lowest BCUT2D eigenvalue weighted by molar-refractivity contribution is -0.153. The molecule has 5 nitrogen and oxygen atoms in total. The third-order valence-electron chi connectivity index (χ3n) is 4.17. The zero-order valence-electron chi connectivity index (χ0n) is 15.6. The molecule has 0 spiro atoms. The fourth-order valence-corrected chi connectivity index (χ4v) is 5.70. The summed E-state index contributed by atoms with van der Waals surface area (Å²) in [6.07, 6.45) is 3.76. The second kappa shape index (κ2) is 10.7. The van der Waals surface area contributed by atoms with Crippen LogP contribution in [0.25, 0.3) is 0 Å². The Morgan fingerprint density at radius 2 is 2.15 bits per heavy atom. The minimum atomic E-state index is -0.838. The molecular formula is C19H27NO4S2. The predicted molar refractivity (Wildman–Crippen MR) is 109 cm³/mol. The average Bonchev–Trinajstić information content (AvgIpc) is 3.12. The number of aryl methyl sites for hydroxylation is 1. The third kappa shape index (κ3) is 6.76. The van der Waals surface area contributed by atoms with E-state index in [2.05, 4.69) is 5.32 Å². The summed E-state index contributed by atoms with van der Waals surface area (Å²) >= 11 is 0. The summed E-state index contributed by atoms with van der Waals surface area (Å²) in [5.74, 6) is 1.12. The van der Waals surface area contributed by atoms with Crippen molar-refractivity contribution in [2.75, 3.05) is 18.2 Å². The van der Waals surface area contributed by atoms with Gasteiger partial charge in [0, 0.05) is 17.4 Å². The molecule has 1 aliphatic heterocycles. The van der Waals surface area contributed by atoms with Crippen molar-refractivity contribution in [1.29, 1.82) is 0 Å². The van der Waals surface area contributed by atoms with Gasteiger partial charge in [-0.25, -0.2) is 0 Å². The molecule has 0 bridgehead atoms. The molecule has 1 aromatic carbocycles. The number of carbonyl (C=O) groups is 2. The quantitative estimate of drug-likeness (QED) is 0.374. The van der Waals surface area contributed by atoms with Crippen LogP contribution in [0.4, 0.5) is 5.69 Å². The minimum Gasteiger partial charge on any atom is -0.495 e. The van der Waals surface area contributed by atoms with E-state index in [1.54, 1.807) is 20.1 Å². The molecule has 0 saturated carbocycles. The molecule has 0 unspecified atom stereocenters. The van der Waals surface area contributed by atoms with Gasteiger partial charge in [0.05, 0.1) is 12.8 Å². The zero-order valence-corrected chi connectivity index (χ0v) is 17.2. The summed E-state index contributed by atoms with van der Waals surface area (Å²) in [7, 11) is 5.44. The summed E-state index contributed by atoms with van der Waals surface area (Å²) in [5, 5.41) is 3.49. The van der Waals surface area contributed by atoms with Gasteiger partial charge in [-0.3, -0.25) is 9.59 Å². The maximum atomic E-state index is 12.3. The van der Waals surface area contributed by atoms with Crippen molar-refractivity contribution < 1.29 is 19.1 Å². The molecule has 26 heavy (non-hydrogen) atoms. The van der Waals surface area contributed by atoms with Gasteiger partial charge in [0.25, 0.3) is 5.91 Å². The Morgan fingerprint density at radius 3 is 2.85 bits per heavy atom. The van der Waals surface area contributed by atoms with E-state index in [0.717, 1.165) is 30.1 Å². The molecule has 1 saturated heterocycles. The van der Waals surface area contributed by atoms with Crippen molar-refractivity contribution in [2.45, 2.75) is 57.3 Å². The molecule has 0 aliphatic carbocycles. The highest BCUT2D eigenvalue weighted by Crippen LogP contribution is 2.39. The Kier molecular flexibility index (Phi) is 8.65. The Morgan fingerprint density at radius 1 is 1.35 bits per heavy atom. The molecule has 1 aromatic rings. The molecule has 1 aliphatic rings. The highest BCUT2D eigenvalue weighted by molar-refractivity contribution is 8.77. The standard InChI is InChI=1S/C19H27NO4S2/c1-13-8-9-17(23-3)16(12-13)20-19(22)14(2)24-18(21)7-5-4-6-15-10-11-25-26-15/h8-9,12,14-15H,4-7,10-11H2,1-3H3,(H,20,22)/t14-,15-/m1/s1. The van der Waals surface area contributed by atoms with Crippen LogP contribution in [0.2, 0.25) is 0 Å². The summed E-state index contributed by atoms with van der Waals surface area (Å²) < 4.78 is 10.5. The topological polar surface area (TPSA) is 64.6 Å². The number of hydrogen-bond acceptors (Lipinski definition) is 6. The summed E-state index contributed by atoms with van der Waals surface area (Å²) in [4.78, 5) is 24.2. The van der Waals surface area contributed by atoms with Crippen LogP contribution in [0.1, 0.15) is 44.6 Å². The van der Waals surface area contributed by atoms with Gasteiger partial charge in [-0.15, -0.1) is 0 Å². The second-order valence-corrected chi connectivity index (χ2v) is 9.19. The van der Waals surface area contributed by atoms with Crippen LogP contribution >= 0.6 is 21.6 Å². The number of methoxy groups -OCH3 is 1.